The Labute approximate surface area is 118 Å². The molecular weight excluding hydrogens is 302 g/mol. The first kappa shape index (κ1) is 18.3. The maximum absolute atomic E-state index is 12.7. The first-order valence-corrected chi connectivity index (χ1v) is 6.63. The molecule has 0 aliphatic heterocycles. The van der Waals surface area contributed by atoms with E-state index in [-0.39, 0.29) is 6.61 Å². The topological polar surface area (TPSA) is 29.5 Å². The summed E-state index contributed by atoms with van der Waals surface area (Å²) in [6.45, 7) is -1.12. The van der Waals surface area contributed by atoms with Crippen molar-refractivity contribution in [1.82, 2.24) is 0 Å². The zero-order valence-electron chi connectivity index (χ0n) is 11.5. The lowest BCUT2D eigenvalue weighted by Gasteiger charge is -2.30. The average Bonchev–Trinajstić information content (AvgIpc) is 2.98. The van der Waals surface area contributed by atoms with Gasteiger partial charge in [-0.05, 0) is 38.0 Å². The summed E-state index contributed by atoms with van der Waals surface area (Å²) in [7, 11) is 0. The third kappa shape index (κ3) is 4.35. The van der Waals surface area contributed by atoms with Gasteiger partial charge in [0.05, 0.1) is 6.61 Å². The minimum Gasteiger partial charge on any atom is -0.378 e. The molecule has 3 unspecified atom stereocenters. The zero-order valence-corrected chi connectivity index (χ0v) is 11.5. The number of fused-ring (bicyclic) bond motifs is 2. The SMILES string of the molecule is C1=CC2CCC1C2.CCOCC(F)(C(O)(F)F)C(F)(F)F. The van der Waals surface area contributed by atoms with Crippen molar-refractivity contribution >= 4 is 0 Å². The van der Waals surface area contributed by atoms with E-state index in [1.807, 2.05) is 0 Å². The Morgan fingerprint density at radius 1 is 1.05 bits per heavy atom. The van der Waals surface area contributed by atoms with Crippen LogP contribution in [0.25, 0.3) is 0 Å². The van der Waals surface area contributed by atoms with Gasteiger partial charge in [-0.3, -0.25) is 0 Å². The Hall–Kier alpha value is -0.760. The van der Waals surface area contributed by atoms with Crippen LogP contribution in [0.1, 0.15) is 26.2 Å². The molecule has 2 nitrogen and oxygen atoms in total. The lowest BCUT2D eigenvalue weighted by atomic mass is 10.1. The van der Waals surface area contributed by atoms with Crippen LogP contribution in [-0.2, 0) is 4.74 Å². The van der Waals surface area contributed by atoms with E-state index in [2.05, 4.69) is 16.9 Å². The van der Waals surface area contributed by atoms with E-state index in [1.54, 1.807) is 0 Å². The normalized spacial score (nSPS) is 27.2. The highest BCUT2D eigenvalue weighted by Crippen LogP contribution is 2.44. The summed E-state index contributed by atoms with van der Waals surface area (Å²) >= 11 is 0. The van der Waals surface area contributed by atoms with Crippen LogP contribution in [0.3, 0.4) is 0 Å². The minimum atomic E-state index is -5.90. The molecule has 2 rings (SSSR count). The summed E-state index contributed by atoms with van der Waals surface area (Å²) in [6, 6.07) is 0. The second-order valence-corrected chi connectivity index (χ2v) is 5.20. The fourth-order valence-electron chi connectivity index (χ4n) is 2.30. The largest absolute Gasteiger partial charge is 0.433 e. The molecule has 0 saturated heterocycles. The van der Waals surface area contributed by atoms with E-state index >= 15 is 0 Å². The number of halogens is 6. The molecule has 0 spiro atoms. The number of allylic oxidation sites excluding steroid dienone is 2. The van der Waals surface area contributed by atoms with Crippen molar-refractivity contribution in [2.75, 3.05) is 13.2 Å². The Balaban J connectivity index is 0.000000255. The molecule has 3 atom stereocenters. The van der Waals surface area contributed by atoms with Crippen LogP contribution in [-0.4, -0.2) is 36.3 Å². The highest BCUT2D eigenvalue weighted by atomic mass is 19.4. The third-order valence-electron chi connectivity index (χ3n) is 3.60. The van der Waals surface area contributed by atoms with Crippen molar-refractivity contribution in [3.8, 4) is 0 Å². The van der Waals surface area contributed by atoms with Crippen molar-refractivity contribution in [1.29, 1.82) is 0 Å². The van der Waals surface area contributed by atoms with E-state index in [1.165, 1.54) is 26.2 Å². The van der Waals surface area contributed by atoms with Crippen molar-refractivity contribution in [2.45, 2.75) is 44.1 Å². The third-order valence-corrected chi connectivity index (χ3v) is 3.60. The molecule has 8 heteroatoms. The predicted octanol–water partition coefficient (Wildman–Crippen LogP) is 3.85. The lowest BCUT2D eigenvalue weighted by molar-refractivity contribution is -0.377. The Kier molecular flexibility index (Phi) is 5.71. The number of hydrogen-bond acceptors (Lipinski definition) is 2. The fourth-order valence-corrected chi connectivity index (χ4v) is 2.30. The Morgan fingerprint density at radius 3 is 1.71 bits per heavy atom. The molecule has 0 radical (unpaired) electrons. The standard InChI is InChI=1S/C7H10.C6H8F6O2/c1-2-7-4-3-6(1)5-7;1-2-14-3-4(7,5(8,9)10)6(11,12)13/h1-2,6-7H,3-5H2;13H,2-3H2,1H3. The quantitative estimate of drug-likeness (QED) is 0.630. The molecule has 0 aromatic heterocycles. The molecule has 1 N–H and O–H groups in total. The molecule has 0 amide bonds. The van der Waals surface area contributed by atoms with Crippen molar-refractivity contribution in [2.24, 2.45) is 11.8 Å². The molecule has 0 aromatic rings. The molecule has 1 fully saturated rings. The van der Waals surface area contributed by atoms with Gasteiger partial charge in [0.2, 0.25) is 0 Å². The summed E-state index contributed by atoms with van der Waals surface area (Å²) < 4.78 is 76.1. The van der Waals surface area contributed by atoms with E-state index in [9.17, 15) is 26.3 Å². The lowest BCUT2D eigenvalue weighted by Crippen LogP contribution is -2.58. The van der Waals surface area contributed by atoms with Crippen LogP contribution in [0.15, 0.2) is 12.2 Å². The number of aliphatic hydroxyl groups is 1. The van der Waals surface area contributed by atoms with Crippen LogP contribution < -0.4 is 0 Å². The molecule has 21 heavy (non-hydrogen) atoms. The molecule has 2 bridgehead atoms. The van der Waals surface area contributed by atoms with Gasteiger partial charge in [-0.15, -0.1) is 0 Å². The number of alkyl halides is 6. The minimum absolute atomic E-state index is 0.377. The summed E-state index contributed by atoms with van der Waals surface area (Å²) in [5.41, 5.74) is -5.07. The number of hydrogen-bond donors (Lipinski definition) is 1. The van der Waals surface area contributed by atoms with Crippen LogP contribution in [0.2, 0.25) is 0 Å². The summed E-state index contributed by atoms with van der Waals surface area (Å²) in [5.74, 6) is 1.98. The van der Waals surface area contributed by atoms with E-state index in [0.717, 1.165) is 11.8 Å². The molecule has 124 valence electrons. The van der Waals surface area contributed by atoms with Gasteiger partial charge >= 0.3 is 18.0 Å². The maximum atomic E-state index is 12.7. The van der Waals surface area contributed by atoms with Crippen LogP contribution in [0.4, 0.5) is 26.3 Å². The predicted molar refractivity (Wildman–Crippen MR) is 63.5 cm³/mol. The highest BCUT2D eigenvalue weighted by molar-refractivity contribution is 5.06. The zero-order chi connectivity index (χ0) is 16.3. The molecule has 2 aliphatic carbocycles. The van der Waals surface area contributed by atoms with Crippen LogP contribution >= 0.6 is 0 Å². The average molecular weight is 320 g/mol. The van der Waals surface area contributed by atoms with Gasteiger partial charge in [-0.1, -0.05) is 12.2 Å². The van der Waals surface area contributed by atoms with Gasteiger partial charge in [-0.2, -0.15) is 22.0 Å². The first-order valence-electron chi connectivity index (χ1n) is 6.63. The van der Waals surface area contributed by atoms with Gasteiger partial charge in [0.15, 0.2) is 0 Å². The monoisotopic (exact) mass is 320 g/mol. The fraction of sp³-hybridized carbons (Fsp3) is 0.846. The van der Waals surface area contributed by atoms with Crippen molar-refractivity contribution in [3.63, 3.8) is 0 Å². The van der Waals surface area contributed by atoms with E-state index in [0.29, 0.717) is 0 Å². The molecule has 0 heterocycles. The smallest absolute Gasteiger partial charge is 0.378 e. The van der Waals surface area contributed by atoms with E-state index < -0.39 is 24.6 Å². The van der Waals surface area contributed by atoms with Crippen molar-refractivity contribution < 1.29 is 36.2 Å². The maximum Gasteiger partial charge on any atom is 0.433 e. The molecular formula is C13H18F6O2. The second kappa shape index (κ2) is 6.56. The Bertz CT molecular complexity index is 335. The van der Waals surface area contributed by atoms with Crippen molar-refractivity contribution in [3.05, 3.63) is 12.2 Å². The second-order valence-electron chi connectivity index (χ2n) is 5.20. The summed E-state index contributed by atoms with van der Waals surface area (Å²) in [6.07, 6.45) is -2.24. The van der Waals surface area contributed by atoms with Crippen LogP contribution in [0.5, 0.6) is 0 Å². The van der Waals surface area contributed by atoms with Gasteiger partial charge in [-0.25, -0.2) is 4.39 Å². The first-order chi connectivity index (χ1) is 9.51. The number of rotatable bonds is 4. The van der Waals surface area contributed by atoms with Gasteiger partial charge in [0.25, 0.3) is 0 Å². The Morgan fingerprint density at radius 2 is 1.52 bits per heavy atom. The van der Waals surface area contributed by atoms with Crippen LogP contribution in [0, 0.1) is 11.8 Å². The van der Waals surface area contributed by atoms with Gasteiger partial charge in [0.1, 0.15) is 0 Å². The van der Waals surface area contributed by atoms with Gasteiger partial charge in [0, 0.05) is 6.61 Å². The summed E-state index contributed by atoms with van der Waals surface area (Å²) in [4.78, 5) is 0. The van der Waals surface area contributed by atoms with Gasteiger partial charge < -0.3 is 9.84 Å². The molecule has 2 aliphatic rings. The highest BCUT2D eigenvalue weighted by Gasteiger charge is 2.71. The number of ether oxygens (including phenoxy) is 1. The molecule has 0 aromatic carbocycles. The summed E-state index contributed by atoms with van der Waals surface area (Å²) in [5, 5.41) is 7.79. The van der Waals surface area contributed by atoms with E-state index in [4.69, 9.17) is 5.11 Å². The molecule has 1 saturated carbocycles.